The van der Waals surface area contributed by atoms with Crippen LogP contribution in [-0.2, 0) is 23.2 Å². The number of nitrogens with zero attached hydrogens (tertiary/aromatic N) is 5. The van der Waals surface area contributed by atoms with Crippen molar-refractivity contribution in [3.05, 3.63) is 40.0 Å². The minimum atomic E-state index is -0.0882. The zero-order valence-corrected chi connectivity index (χ0v) is 17.6. The Labute approximate surface area is 171 Å². The van der Waals surface area contributed by atoms with Crippen LogP contribution in [0.2, 0.25) is 0 Å². The molecule has 8 heteroatoms. The van der Waals surface area contributed by atoms with E-state index in [0.717, 1.165) is 57.0 Å². The Morgan fingerprint density at radius 1 is 1.14 bits per heavy atom. The summed E-state index contributed by atoms with van der Waals surface area (Å²) in [6.45, 7) is 10.0. The van der Waals surface area contributed by atoms with Crippen molar-refractivity contribution < 1.29 is 9.15 Å². The van der Waals surface area contributed by atoms with Gasteiger partial charge in [-0.2, -0.15) is 5.10 Å². The average molecular weight is 402 g/mol. The van der Waals surface area contributed by atoms with Gasteiger partial charge in [-0.15, -0.1) is 10.2 Å². The van der Waals surface area contributed by atoms with Gasteiger partial charge in [-0.3, -0.25) is 9.69 Å². The van der Waals surface area contributed by atoms with Crippen molar-refractivity contribution in [1.82, 2.24) is 24.9 Å². The van der Waals surface area contributed by atoms with E-state index in [4.69, 9.17) is 9.15 Å². The second-order valence-corrected chi connectivity index (χ2v) is 9.18. The number of rotatable bonds is 5. The normalized spacial score (nSPS) is 21.7. The maximum Gasteiger partial charge on any atom is 0.266 e. The SMILES string of the molecule is CC(C)(C)c1ccc(=O)n(CC2CCCN2Cc2nnc(C3CCOCC3)o2)n1. The van der Waals surface area contributed by atoms with Gasteiger partial charge in [0.25, 0.3) is 5.56 Å². The van der Waals surface area contributed by atoms with E-state index in [1.165, 1.54) is 0 Å². The molecular formula is C21H31N5O3. The number of ether oxygens (including phenoxy) is 1. The lowest BCUT2D eigenvalue weighted by Crippen LogP contribution is -2.37. The lowest BCUT2D eigenvalue weighted by Gasteiger charge is -2.24. The summed E-state index contributed by atoms with van der Waals surface area (Å²) >= 11 is 0. The fraction of sp³-hybridized carbons (Fsp3) is 0.714. The highest BCUT2D eigenvalue weighted by molar-refractivity contribution is 5.10. The molecule has 1 unspecified atom stereocenters. The third-order valence-corrected chi connectivity index (χ3v) is 5.91. The fourth-order valence-electron chi connectivity index (χ4n) is 4.10. The minimum Gasteiger partial charge on any atom is -0.424 e. The first-order valence-electron chi connectivity index (χ1n) is 10.6. The third-order valence-electron chi connectivity index (χ3n) is 5.91. The van der Waals surface area contributed by atoms with E-state index in [9.17, 15) is 4.79 Å². The highest BCUT2D eigenvalue weighted by Gasteiger charge is 2.29. The van der Waals surface area contributed by atoms with Crippen molar-refractivity contribution in [2.75, 3.05) is 19.8 Å². The van der Waals surface area contributed by atoms with Gasteiger partial charge < -0.3 is 9.15 Å². The summed E-state index contributed by atoms with van der Waals surface area (Å²) < 4.78 is 13.0. The van der Waals surface area contributed by atoms with Crippen molar-refractivity contribution in [2.45, 2.75) is 76.9 Å². The van der Waals surface area contributed by atoms with Crippen LogP contribution in [0.1, 0.15) is 69.8 Å². The van der Waals surface area contributed by atoms with Gasteiger partial charge in [-0.1, -0.05) is 20.8 Å². The molecule has 2 fully saturated rings. The Balaban J connectivity index is 1.44. The van der Waals surface area contributed by atoms with Gasteiger partial charge in [0.2, 0.25) is 11.8 Å². The molecule has 0 radical (unpaired) electrons. The van der Waals surface area contributed by atoms with Crippen molar-refractivity contribution in [2.24, 2.45) is 0 Å². The van der Waals surface area contributed by atoms with Crippen LogP contribution in [0.5, 0.6) is 0 Å². The molecule has 0 saturated carbocycles. The number of likely N-dealkylation sites (tertiary alicyclic amines) is 1. The topological polar surface area (TPSA) is 86.3 Å². The van der Waals surface area contributed by atoms with Crippen molar-refractivity contribution >= 4 is 0 Å². The zero-order chi connectivity index (χ0) is 20.4. The van der Waals surface area contributed by atoms with Gasteiger partial charge in [0.15, 0.2) is 0 Å². The van der Waals surface area contributed by atoms with Crippen molar-refractivity contribution in [3.63, 3.8) is 0 Å². The molecule has 0 bridgehead atoms. The summed E-state index contributed by atoms with van der Waals surface area (Å²) in [7, 11) is 0. The monoisotopic (exact) mass is 401 g/mol. The molecule has 0 aliphatic carbocycles. The second kappa shape index (κ2) is 8.36. The standard InChI is InChI=1S/C21H31N5O3/c1-21(2,3)17-6-7-19(27)26(24-17)13-16-5-4-10-25(16)14-18-22-23-20(29-18)15-8-11-28-12-9-15/h6-7,15-16H,4-5,8-14H2,1-3H3. The van der Waals surface area contributed by atoms with Crippen LogP contribution < -0.4 is 5.56 Å². The molecule has 29 heavy (non-hydrogen) atoms. The molecule has 158 valence electrons. The van der Waals surface area contributed by atoms with E-state index in [1.807, 2.05) is 6.07 Å². The number of hydrogen-bond acceptors (Lipinski definition) is 7. The summed E-state index contributed by atoms with van der Waals surface area (Å²) in [5, 5.41) is 13.2. The van der Waals surface area contributed by atoms with Gasteiger partial charge >= 0.3 is 0 Å². The van der Waals surface area contributed by atoms with Gasteiger partial charge in [0, 0.05) is 36.7 Å². The van der Waals surface area contributed by atoms with Crippen molar-refractivity contribution in [1.29, 1.82) is 0 Å². The Bertz CT molecular complexity index is 879. The highest BCUT2D eigenvalue weighted by atomic mass is 16.5. The molecule has 0 spiro atoms. The molecule has 8 nitrogen and oxygen atoms in total. The van der Waals surface area contributed by atoms with E-state index in [2.05, 4.69) is 41.0 Å². The minimum absolute atomic E-state index is 0.0514. The van der Waals surface area contributed by atoms with Gasteiger partial charge in [-0.25, -0.2) is 4.68 Å². The molecule has 0 N–H and O–H groups in total. The first-order valence-corrected chi connectivity index (χ1v) is 10.6. The quantitative estimate of drug-likeness (QED) is 0.761. The van der Waals surface area contributed by atoms with Crippen LogP contribution in [0.3, 0.4) is 0 Å². The molecule has 1 atom stereocenters. The zero-order valence-electron chi connectivity index (χ0n) is 17.6. The highest BCUT2D eigenvalue weighted by Crippen LogP contribution is 2.27. The number of hydrogen-bond donors (Lipinski definition) is 0. The van der Waals surface area contributed by atoms with Crippen LogP contribution >= 0.6 is 0 Å². The van der Waals surface area contributed by atoms with Gasteiger partial charge in [-0.05, 0) is 38.3 Å². The summed E-state index contributed by atoms with van der Waals surface area (Å²) in [4.78, 5) is 14.7. The Morgan fingerprint density at radius 3 is 2.69 bits per heavy atom. The first kappa shape index (κ1) is 20.2. The average Bonchev–Trinajstić information content (AvgIpc) is 3.33. The molecule has 2 aliphatic heterocycles. The van der Waals surface area contributed by atoms with E-state index < -0.39 is 0 Å². The fourth-order valence-corrected chi connectivity index (χ4v) is 4.10. The first-order chi connectivity index (χ1) is 13.9. The van der Waals surface area contributed by atoms with Crippen LogP contribution in [0.4, 0.5) is 0 Å². The molecule has 4 heterocycles. The van der Waals surface area contributed by atoms with Crippen LogP contribution in [0, 0.1) is 0 Å². The maximum atomic E-state index is 12.4. The largest absolute Gasteiger partial charge is 0.424 e. The Kier molecular flexibility index (Phi) is 5.83. The molecular weight excluding hydrogens is 370 g/mol. The Morgan fingerprint density at radius 2 is 1.93 bits per heavy atom. The molecule has 2 aromatic rings. The van der Waals surface area contributed by atoms with E-state index in [0.29, 0.717) is 24.9 Å². The van der Waals surface area contributed by atoms with Crippen LogP contribution in [-0.4, -0.2) is 50.7 Å². The van der Waals surface area contributed by atoms with E-state index >= 15 is 0 Å². The molecule has 2 aliphatic rings. The van der Waals surface area contributed by atoms with Gasteiger partial charge in [0.1, 0.15) is 0 Å². The van der Waals surface area contributed by atoms with Crippen molar-refractivity contribution in [3.8, 4) is 0 Å². The predicted octanol–water partition coefficient (Wildman–Crippen LogP) is 2.48. The summed E-state index contributed by atoms with van der Waals surface area (Å²) in [5.74, 6) is 1.69. The molecule has 2 aromatic heterocycles. The lowest BCUT2D eigenvalue weighted by atomic mass is 9.92. The molecule has 0 aromatic carbocycles. The summed E-state index contributed by atoms with van der Waals surface area (Å²) in [6, 6.07) is 3.71. The second-order valence-electron chi connectivity index (χ2n) is 9.18. The summed E-state index contributed by atoms with van der Waals surface area (Å²) in [6.07, 6.45) is 4.01. The van der Waals surface area contributed by atoms with E-state index in [1.54, 1.807) is 10.7 Å². The molecule has 4 rings (SSSR count). The third kappa shape index (κ3) is 4.75. The number of aromatic nitrogens is 4. The van der Waals surface area contributed by atoms with E-state index in [-0.39, 0.29) is 17.0 Å². The molecule has 0 amide bonds. The summed E-state index contributed by atoms with van der Waals surface area (Å²) in [5.41, 5.74) is 0.791. The Hall–Kier alpha value is -2.06. The van der Waals surface area contributed by atoms with Gasteiger partial charge in [0.05, 0.1) is 18.8 Å². The smallest absolute Gasteiger partial charge is 0.266 e. The van der Waals surface area contributed by atoms with Crippen LogP contribution in [0.25, 0.3) is 0 Å². The lowest BCUT2D eigenvalue weighted by molar-refractivity contribution is 0.0787. The predicted molar refractivity (Wildman–Crippen MR) is 108 cm³/mol. The maximum absolute atomic E-state index is 12.4. The van der Waals surface area contributed by atoms with Crippen LogP contribution in [0.15, 0.2) is 21.3 Å². The molecule has 2 saturated heterocycles.